The van der Waals surface area contributed by atoms with Gasteiger partial charge in [-0.1, -0.05) is 6.92 Å². The quantitative estimate of drug-likeness (QED) is 0.899. The van der Waals surface area contributed by atoms with E-state index in [1.54, 1.807) is 0 Å². The zero-order valence-electron chi connectivity index (χ0n) is 10.4. The molecular formula is C14H14FN3. The van der Waals surface area contributed by atoms with Crippen molar-refractivity contribution >= 4 is 16.6 Å². The van der Waals surface area contributed by atoms with E-state index in [2.05, 4.69) is 16.4 Å². The van der Waals surface area contributed by atoms with E-state index in [4.69, 9.17) is 5.26 Å². The van der Waals surface area contributed by atoms with Gasteiger partial charge in [0.25, 0.3) is 0 Å². The van der Waals surface area contributed by atoms with Gasteiger partial charge in [-0.25, -0.2) is 4.39 Å². The minimum atomic E-state index is -0.309. The molecular weight excluding hydrogens is 229 g/mol. The average molecular weight is 243 g/mol. The largest absolute Gasteiger partial charge is 0.383 e. The molecule has 0 spiro atoms. The highest BCUT2D eigenvalue weighted by atomic mass is 19.1. The predicted molar refractivity (Wildman–Crippen MR) is 69.9 cm³/mol. The average Bonchev–Trinajstić information content (AvgIpc) is 2.35. The molecule has 0 aliphatic heterocycles. The molecule has 0 bridgehead atoms. The second kappa shape index (κ2) is 5.01. The molecule has 0 aliphatic carbocycles. The van der Waals surface area contributed by atoms with Crippen LogP contribution in [0.4, 0.5) is 10.1 Å². The molecule has 92 valence electrons. The normalized spacial score (nSPS) is 10.3. The van der Waals surface area contributed by atoms with Crippen molar-refractivity contribution in [1.82, 2.24) is 4.98 Å². The van der Waals surface area contributed by atoms with Crippen LogP contribution in [0.15, 0.2) is 18.3 Å². The lowest BCUT2D eigenvalue weighted by molar-refractivity contribution is 0.628. The fourth-order valence-electron chi connectivity index (χ4n) is 1.96. The molecule has 0 unspecified atom stereocenters. The number of nitrogens with one attached hydrogen (secondary N) is 1. The van der Waals surface area contributed by atoms with Gasteiger partial charge in [-0.05, 0) is 31.0 Å². The number of halogens is 1. The van der Waals surface area contributed by atoms with Gasteiger partial charge in [-0.2, -0.15) is 5.26 Å². The summed E-state index contributed by atoms with van der Waals surface area (Å²) in [5.74, 6) is -0.309. The summed E-state index contributed by atoms with van der Waals surface area (Å²) in [5, 5.41) is 12.9. The summed E-state index contributed by atoms with van der Waals surface area (Å²) in [4.78, 5) is 4.23. The highest BCUT2D eigenvalue weighted by Gasteiger charge is 2.11. The number of nitriles is 1. The molecule has 1 N–H and O–H groups in total. The van der Waals surface area contributed by atoms with E-state index in [9.17, 15) is 4.39 Å². The first kappa shape index (κ1) is 12.3. The van der Waals surface area contributed by atoms with Crippen molar-refractivity contribution in [2.75, 3.05) is 11.9 Å². The van der Waals surface area contributed by atoms with Gasteiger partial charge in [0.15, 0.2) is 0 Å². The Kier molecular flexibility index (Phi) is 3.42. The van der Waals surface area contributed by atoms with Crippen LogP contribution in [-0.2, 0) is 0 Å². The van der Waals surface area contributed by atoms with E-state index in [0.29, 0.717) is 16.6 Å². The molecule has 2 rings (SSSR count). The molecule has 0 saturated carbocycles. The summed E-state index contributed by atoms with van der Waals surface area (Å²) in [6.45, 7) is 4.59. The number of rotatable bonds is 3. The van der Waals surface area contributed by atoms with Crippen molar-refractivity contribution in [3.05, 3.63) is 35.3 Å². The van der Waals surface area contributed by atoms with E-state index in [1.165, 1.54) is 18.3 Å². The van der Waals surface area contributed by atoms with Crippen molar-refractivity contribution < 1.29 is 4.39 Å². The van der Waals surface area contributed by atoms with Gasteiger partial charge in [-0.15, -0.1) is 0 Å². The lowest BCUT2D eigenvalue weighted by atomic mass is 10.1. The zero-order valence-corrected chi connectivity index (χ0v) is 10.4. The lowest BCUT2D eigenvalue weighted by Crippen LogP contribution is -2.04. The minimum absolute atomic E-state index is 0.309. The Bertz CT molecular complexity index is 629. The number of anilines is 1. The Morgan fingerprint density at radius 2 is 2.22 bits per heavy atom. The molecule has 2 aromatic rings. The zero-order chi connectivity index (χ0) is 13.1. The third-order valence-electron chi connectivity index (χ3n) is 2.80. The lowest BCUT2D eigenvalue weighted by Gasteiger charge is -2.11. The fraction of sp³-hybridized carbons (Fsp3) is 0.286. The third-order valence-corrected chi connectivity index (χ3v) is 2.80. The van der Waals surface area contributed by atoms with Gasteiger partial charge < -0.3 is 5.32 Å². The summed E-state index contributed by atoms with van der Waals surface area (Å²) in [6, 6.07) is 4.96. The Hall–Kier alpha value is -2.15. The molecule has 0 atom stereocenters. The van der Waals surface area contributed by atoms with Gasteiger partial charge in [0.05, 0.1) is 16.8 Å². The van der Waals surface area contributed by atoms with Gasteiger partial charge >= 0.3 is 0 Å². The number of pyridine rings is 1. The first-order valence-electron chi connectivity index (χ1n) is 5.90. The molecule has 0 radical (unpaired) electrons. The van der Waals surface area contributed by atoms with Crippen molar-refractivity contribution in [3.8, 4) is 6.07 Å². The second-order valence-electron chi connectivity index (χ2n) is 4.20. The van der Waals surface area contributed by atoms with Crippen LogP contribution in [0.1, 0.15) is 24.5 Å². The van der Waals surface area contributed by atoms with Crippen molar-refractivity contribution in [2.24, 2.45) is 0 Å². The van der Waals surface area contributed by atoms with Crippen molar-refractivity contribution in [2.45, 2.75) is 20.3 Å². The smallest absolute Gasteiger partial charge is 0.124 e. The van der Waals surface area contributed by atoms with Crippen LogP contribution in [-0.4, -0.2) is 11.5 Å². The Morgan fingerprint density at radius 3 is 2.89 bits per heavy atom. The summed E-state index contributed by atoms with van der Waals surface area (Å²) in [5.41, 5.74) is 2.62. The van der Waals surface area contributed by atoms with Crippen LogP contribution < -0.4 is 5.32 Å². The topological polar surface area (TPSA) is 48.7 Å². The third kappa shape index (κ3) is 2.12. The molecule has 1 aromatic heterocycles. The minimum Gasteiger partial charge on any atom is -0.383 e. The molecule has 18 heavy (non-hydrogen) atoms. The Labute approximate surface area is 105 Å². The molecule has 0 saturated heterocycles. The van der Waals surface area contributed by atoms with Crippen molar-refractivity contribution in [1.29, 1.82) is 5.26 Å². The number of fused-ring (bicyclic) bond motifs is 1. The maximum Gasteiger partial charge on any atom is 0.124 e. The van der Waals surface area contributed by atoms with Crippen LogP contribution in [0.2, 0.25) is 0 Å². The molecule has 1 aromatic carbocycles. The molecule has 1 heterocycles. The maximum absolute atomic E-state index is 13.5. The van der Waals surface area contributed by atoms with E-state index < -0.39 is 0 Å². The molecule has 3 nitrogen and oxygen atoms in total. The van der Waals surface area contributed by atoms with Crippen LogP contribution in [0.3, 0.4) is 0 Å². The highest BCUT2D eigenvalue weighted by molar-refractivity contribution is 5.95. The maximum atomic E-state index is 13.5. The van der Waals surface area contributed by atoms with E-state index in [-0.39, 0.29) is 5.82 Å². The number of nitrogens with zero attached hydrogens (tertiary/aromatic N) is 2. The Morgan fingerprint density at radius 1 is 1.44 bits per heavy atom. The summed E-state index contributed by atoms with van der Waals surface area (Å²) in [6.07, 6.45) is 2.47. The van der Waals surface area contributed by atoms with Crippen molar-refractivity contribution in [3.63, 3.8) is 0 Å². The van der Waals surface area contributed by atoms with Crippen LogP contribution in [0.25, 0.3) is 10.9 Å². The molecule has 4 heteroatoms. The summed E-state index contributed by atoms with van der Waals surface area (Å²) >= 11 is 0. The molecule has 0 aliphatic rings. The standard InChI is InChI=1S/C14H14FN3/c1-3-4-17-14-10(7-16)8-18-13-9(2)5-11(15)6-12(13)14/h5-6,8H,3-4H2,1-2H3,(H,17,18). The first-order valence-corrected chi connectivity index (χ1v) is 5.90. The van der Waals surface area contributed by atoms with Gasteiger partial charge in [0.2, 0.25) is 0 Å². The van der Waals surface area contributed by atoms with Gasteiger partial charge in [0, 0.05) is 18.1 Å². The second-order valence-corrected chi connectivity index (χ2v) is 4.20. The first-order chi connectivity index (χ1) is 8.67. The Balaban J connectivity index is 2.72. The number of aromatic nitrogens is 1. The molecule has 0 fully saturated rings. The monoisotopic (exact) mass is 243 g/mol. The number of aryl methyl sites for hydroxylation is 1. The fourth-order valence-corrected chi connectivity index (χ4v) is 1.96. The molecule has 0 amide bonds. The number of benzene rings is 1. The van der Waals surface area contributed by atoms with E-state index >= 15 is 0 Å². The van der Waals surface area contributed by atoms with E-state index in [1.807, 2.05) is 13.8 Å². The van der Waals surface area contributed by atoms with E-state index in [0.717, 1.165) is 24.0 Å². The van der Waals surface area contributed by atoms with Crippen LogP contribution in [0.5, 0.6) is 0 Å². The summed E-state index contributed by atoms with van der Waals surface area (Å²) < 4.78 is 13.5. The number of hydrogen-bond donors (Lipinski definition) is 1. The predicted octanol–water partition coefficient (Wildman–Crippen LogP) is 3.38. The number of hydrogen-bond acceptors (Lipinski definition) is 3. The van der Waals surface area contributed by atoms with Crippen LogP contribution >= 0.6 is 0 Å². The highest BCUT2D eigenvalue weighted by Crippen LogP contribution is 2.28. The van der Waals surface area contributed by atoms with Crippen LogP contribution in [0, 0.1) is 24.1 Å². The van der Waals surface area contributed by atoms with Gasteiger partial charge in [-0.3, -0.25) is 4.98 Å². The SMILES string of the molecule is CCCNc1c(C#N)cnc2c(C)cc(F)cc12. The summed E-state index contributed by atoms with van der Waals surface area (Å²) in [7, 11) is 0. The van der Waals surface area contributed by atoms with Gasteiger partial charge in [0.1, 0.15) is 11.9 Å².